The molecular formula is C17H30N2OS. The molecular weight excluding hydrogens is 280 g/mol. The number of nitrogens with one attached hydrogen (secondary N) is 1. The Morgan fingerprint density at radius 3 is 2.24 bits per heavy atom. The molecule has 1 amide bonds. The molecule has 3 N–H and O–H groups in total. The van der Waals surface area contributed by atoms with Crippen LogP contribution in [0, 0.1) is 17.3 Å². The summed E-state index contributed by atoms with van der Waals surface area (Å²) in [5.74, 6) is 1.54. The van der Waals surface area contributed by atoms with Crippen molar-refractivity contribution in [2.75, 3.05) is 0 Å². The van der Waals surface area contributed by atoms with Gasteiger partial charge in [0.15, 0.2) is 0 Å². The van der Waals surface area contributed by atoms with Crippen LogP contribution >= 0.6 is 12.2 Å². The van der Waals surface area contributed by atoms with Gasteiger partial charge in [-0.3, -0.25) is 4.79 Å². The van der Waals surface area contributed by atoms with Crippen molar-refractivity contribution in [3.05, 3.63) is 0 Å². The summed E-state index contributed by atoms with van der Waals surface area (Å²) < 4.78 is 0. The summed E-state index contributed by atoms with van der Waals surface area (Å²) in [4.78, 5) is 13.3. The van der Waals surface area contributed by atoms with E-state index in [1.807, 2.05) is 0 Å². The average molecular weight is 311 g/mol. The van der Waals surface area contributed by atoms with Crippen molar-refractivity contribution in [1.82, 2.24) is 5.32 Å². The van der Waals surface area contributed by atoms with Gasteiger partial charge in [-0.25, -0.2) is 0 Å². The minimum atomic E-state index is -0.585. The summed E-state index contributed by atoms with van der Waals surface area (Å²) in [6.07, 6.45) is 9.52. The van der Waals surface area contributed by atoms with Gasteiger partial charge in [0.05, 0.1) is 10.4 Å². The lowest BCUT2D eigenvalue weighted by Gasteiger charge is -2.36. The number of thiocarbonyl (C=S) groups is 1. The molecule has 2 rings (SSSR count). The van der Waals surface area contributed by atoms with Crippen LogP contribution in [0.3, 0.4) is 0 Å². The molecule has 120 valence electrons. The summed E-state index contributed by atoms with van der Waals surface area (Å²) in [6, 6.07) is 0.304. The molecule has 2 saturated carbocycles. The van der Waals surface area contributed by atoms with Gasteiger partial charge in [-0.1, -0.05) is 51.7 Å². The molecule has 2 aliphatic carbocycles. The fraction of sp³-hybridized carbons (Fsp3) is 0.882. The zero-order valence-electron chi connectivity index (χ0n) is 13.5. The number of hydrogen-bond acceptors (Lipinski definition) is 2. The number of carbonyl (C=O) groups is 1. The van der Waals surface area contributed by atoms with Crippen molar-refractivity contribution < 1.29 is 4.79 Å². The number of nitrogens with two attached hydrogens (primary N) is 1. The van der Waals surface area contributed by atoms with E-state index in [4.69, 9.17) is 18.0 Å². The van der Waals surface area contributed by atoms with E-state index in [1.165, 1.54) is 19.3 Å². The lowest BCUT2D eigenvalue weighted by molar-refractivity contribution is -0.129. The predicted octanol–water partition coefficient (Wildman–Crippen LogP) is 3.55. The van der Waals surface area contributed by atoms with Crippen LogP contribution in [-0.2, 0) is 4.79 Å². The largest absolute Gasteiger partial charge is 0.392 e. The van der Waals surface area contributed by atoms with Crippen LogP contribution in [0.25, 0.3) is 0 Å². The van der Waals surface area contributed by atoms with Gasteiger partial charge in [-0.05, 0) is 43.9 Å². The molecule has 3 unspecified atom stereocenters. The Bertz CT molecular complexity index is 388. The van der Waals surface area contributed by atoms with Crippen molar-refractivity contribution in [2.45, 2.75) is 77.7 Å². The molecule has 3 nitrogen and oxygen atoms in total. The SMILES string of the molecule is CC1CCC(NC(=O)C2(C(N)=S)CCCCCC2)CC1C. The van der Waals surface area contributed by atoms with Crippen LogP contribution in [0.4, 0.5) is 0 Å². The fourth-order valence-corrected chi connectivity index (χ4v) is 4.22. The van der Waals surface area contributed by atoms with Gasteiger partial charge >= 0.3 is 0 Å². The molecule has 0 heterocycles. The molecule has 0 aliphatic heterocycles. The summed E-state index contributed by atoms with van der Waals surface area (Å²) in [6.45, 7) is 4.60. The van der Waals surface area contributed by atoms with E-state index in [0.717, 1.165) is 44.4 Å². The second-order valence-corrected chi connectivity index (χ2v) is 7.74. The molecule has 0 aromatic rings. The van der Waals surface area contributed by atoms with Crippen molar-refractivity contribution in [3.8, 4) is 0 Å². The van der Waals surface area contributed by atoms with E-state index in [9.17, 15) is 4.79 Å². The third-order valence-corrected chi connectivity index (χ3v) is 6.19. The van der Waals surface area contributed by atoms with Crippen LogP contribution in [0.15, 0.2) is 0 Å². The number of carbonyl (C=O) groups excluding carboxylic acids is 1. The highest BCUT2D eigenvalue weighted by molar-refractivity contribution is 7.80. The molecule has 0 radical (unpaired) electrons. The van der Waals surface area contributed by atoms with E-state index < -0.39 is 5.41 Å². The van der Waals surface area contributed by atoms with Crippen molar-refractivity contribution in [2.24, 2.45) is 23.0 Å². The third kappa shape index (κ3) is 3.77. The minimum Gasteiger partial charge on any atom is -0.392 e. The van der Waals surface area contributed by atoms with E-state index in [0.29, 0.717) is 16.9 Å². The van der Waals surface area contributed by atoms with E-state index in [-0.39, 0.29) is 5.91 Å². The summed E-state index contributed by atoms with van der Waals surface area (Å²) in [7, 11) is 0. The Kier molecular flexibility index (Phi) is 5.64. The Morgan fingerprint density at radius 1 is 1.10 bits per heavy atom. The lowest BCUT2D eigenvalue weighted by Crippen LogP contribution is -2.52. The molecule has 3 atom stereocenters. The van der Waals surface area contributed by atoms with Gasteiger partial charge in [0.1, 0.15) is 0 Å². The van der Waals surface area contributed by atoms with Crippen LogP contribution < -0.4 is 11.1 Å². The fourth-order valence-electron chi connectivity index (χ4n) is 3.92. The van der Waals surface area contributed by atoms with Gasteiger partial charge in [0.2, 0.25) is 5.91 Å². The number of hydrogen-bond donors (Lipinski definition) is 2. The average Bonchev–Trinajstić information content (AvgIpc) is 2.69. The quantitative estimate of drug-likeness (QED) is 0.619. The maximum Gasteiger partial charge on any atom is 0.233 e. The van der Waals surface area contributed by atoms with Crippen LogP contribution in [0.2, 0.25) is 0 Å². The first-order valence-electron chi connectivity index (χ1n) is 8.56. The molecule has 0 aromatic heterocycles. The molecule has 2 fully saturated rings. The first-order chi connectivity index (χ1) is 9.95. The van der Waals surface area contributed by atoms with E-state index >= 15 is 0 Å². The molecule has 0 aromatic carbocycles. The maximum absolute atomic E-state index is 12.9. The monoisotopic (exact) mass is 310 g/mol. The molecule has 4 heteroatoms. The highest BCUT2D eigenvalue weighted by Gasteiger charge is 2.42. The van der Waals surface area contributed by atoms with Crippen LogP contribution in [0.1, 0.15) is 71.6 Å². The Morgan fingerprint density at radius 2 is 1.71 bits per heavy atom. The van der Waals surface area contributed by atoms with Gasteiger partial charge in [-0.2, -0.15) is 0 Å². The molecule has 2 aliphatic rings. The number of amides is 1. The second-order valence-electron chi connectivity index (χ2n) is 7.30. The Balaban J connectivity index is 2.03. The van der Waals surface area contributed by atoms with Gasteiger partial charge < -0.3 is 11.1 Å². The van der Waals surface area contributed by atoms with Crippen LogP contribution in [0.5, 0.6) is 0 Å². The predicted molar refractivity (Wildman–Crippen MR) is 91.0 cm³/mol. The van der Waals surface area contributed by atoms with Gasteiger partial charge in [0, 0.05) is 6.04 Å². The topological polar surface area (TPSA) is 55.1 Å². The molecule has 0 spiro atoms. The molecule has 0 bridgehead atoms. The highest BCUT2D eigenvalue weighted by Crippen LogP contribution is 2.37. The summed E-state index contributed by atoms with van der Waals surface area (Å²) in [5, 5.41) is 3.28. The zero-order chi connectivity index (χ0) is 15.5. The van der Waals surface area contributed by atoms with E-state index in [2.05, 4.69) is 19.2 Å². The molecule has 0 saturated heterocycles. The summed E-state index contributed by atoms with van der Waals surface area (Å²) in [5.41, 5.74) is 5.41. The highest BCUT2D eigenvalue weighted by atomic mass is 32.1. The van der Waals surface area contributed by atoms with Gasteiger partial charge in [0.25, 0.3) is 0 Å². The Hall–Kier alpha value is -0.640. The van der Waals surface area contributed by atoms with E-state index in [1.54, 1.807) is 0 Å². The van der Waals surface area contributed by atoms with Crippen molar-refractivity contribution in [1.29, 1.82) is 0 Å². The Labute approximate surface area is 134 Å². The number of rotatable bonds is 3. The standard InChI is InChI=1S/C17H30N2OS/c1-12-7-8-14(11-13(12)2)19-16(20)17(15(18)21)9-5-3-4-6-10-17/h12-14H,3-11H2,1-2H3,(H2,18,21)(H,19,20). The smallest absolute Gasteiger partial charge is 0.233 e. The van der Waals surface area contributed by atoms with Crippen molar-refractivity contribution in [3.63, 3.8) is 0 Å². The normalized spacial score (nSPS) is 33.0. The third-order valence-electron chi connectivity index (χ3n) is 5.80. The minimum absolute atomic E-state index is 0.101. The first kappa shape index (κ1) is 16.7. The van der Waals surface area contributed by atoms with Crippen LogP contribution in [-0.4, -0.2) is 16.9 Å². The molecule has 21 heavy (non-hydrogen) atoms. The second kappa shape index (κ2) is 7.08. The maximum atomic E-state index is 12.9. The first-order valence-corrected chi connectivity index (χ1v) is 8.97. The lowest BCUT2D eigenvalue weighted by atomic mass is 9.76. The summed E-state index contributed by atoms with van der Waals surface area (Å²) >= 11 is 5.29. The zero-order valence-corrected chi connectivity index (χ0v) is 14.3. The van der Waals surface area contributed by atoms with Crippen molar-refractivity contribution >= 4 is 23.1 Å². The van der Waals surface area contributed by atoms with Gasteiger partial charge in [-0.15, -0.1) is 0 Å².